The van der Waals surface area contributed by atoms with E-state index in [-0.39, 0.29) is 0 Å². The molecule has 1 aliphatic carbocycles. The molecule has 0 radical (unpaired) electrons. The molecular weight excluding hydrogens is 164 g/mol. The highest BCUT2D eigenvalue weighted by Crippen LogP contribution is 2.32. The molecule has 72 valence electrons. The van der Waals surface area contributed by atoms with Crippen LogP contribution in [-0.2, 0) is 0 Å². The van der Waals surface area contributed by atoms with Gasteiger partial charge < -0.3 is 10.2 Å². The first-order chi connectivity index (χ1) is 6.33. The van der Waals surface area contributed by atoms with E-state index in [1.54, 1.807) is 12.5 Å². The highest BCUT2D eigenvalue weighted by molar-refractivity contribution is 5.13. The Balaban J connectivity index is 2.08. The first-order valence-corrected chi connectivity index (χ1v) is 4.77. The van der Waals surface area contributed by atoms with Gasteiger partial charge in [-0.25, -0.2) is 0 Å². The minimum atomic E-state index is 0.325. The molecule has 2 N–H and O–H groups in total. The smallest absolute Gasteiger partial charge is 0.0950 e. The van der Waals surface area contributed by atoms with Crippen molar-refractivity contribution in [3.63, 3.8) is 0 Å². The standard InChI is InChI=1S/C10H16N2O/c1-12(9-2-3-9)10(6-11)8-4-5-13-7-8/h4-5,7,9-10H,2-3,6,11H2,1H3. The van der Waals surface area contributed by atoms with Crippen molar-refractivity contribution in [3.8, 4) is 0 Å². The van der Waals surface area contributed by atoms with Crippen molar-refractivity contribution in [3.05, 3.63) is 24.2 Å². The second-order valence-corrected chi connectivity index (χ2v) is 3.70. The van der Waals surface area contributed by atoms with Gasteiger partial charge >= 0.3 is 0 Å². The maximum atomic E-state index is 5.75. The van der Waals surface area contributed by atoms with Crippen molar-refractivity contribution < 1.29 is 4.42 Å². The fraction of sp³-hybridized carbons (Fsp3) is 0.600. The number of furan rings is 1. The molecule has 2 rings (SSSR count). The summed E-state index contributed by atoms with van der Waals surface area (Å²) in [5.74, 6) is 0. The quantitative estimate of drug-likeness (QED) is 0.761. The van der Waals surface area contributed by atoms with Crippen LogP contribution in [0.1, 0.15) is 24.4 Å². The van der Waals surface area contributed by atoms with Crippen molar-refractivity contribution in [2.75, 3.05) is 13.6 Å². The third kappa shape index (κ3) is 1.76. The first-order valence-electron chi connectivity index (χ1n) is 4.77. The molecule has 3 heteroatoms. The van der Waals surface area contributed by atoms with Crippen LogP contribution in [0.25, 0.3) is 0 Å². The van der Waals surface area contributed by atoms with Gasteiger partial charge in [-0.15, -0.1) is 0 Å². The van der Waals surface area contributed by atoms with Gasteiger partial charge in [-0.2, -0.15) is 0 Å². The average Bonchev–Trinajstić information content (AvgIpc) is 2.86. The summed E-state index contributed by atoms with van der Waals surface area (Å²) in [6, 6.07) is 3.06. The molecule has 1 saturated carbocycles. The van der Waals surface area contributed by atoms with E-state index in [9.17, 15) is 0 Å². The highest BCUT2D eigenvalue weighted by Gasteiger charge is 2.31. The van der Waals surface area contributed by atoms with Crippen LogP contribution in [0.5, 0.6) is 0 Å². The zero-order valence-corrected chi connectivity index (χ0v) is 7.94. The molecule has 1 unspecified atom stereocenters. The number of nitrogens with two attached hydrogens (primary N) is 1. The van der Waals surface area contributed by atoms with Crippen LogP contribution in [0, 0.1) is 0 Å². The van der Waals surface area contributed by atoms with Crippen LogP contribution in [0.3, 0.4) is 0 Å². The Morgan fingerprint density at radius 3 is 2.92 bits per heavy atom. The summed E-state index contributed by atoms with van der Waals surface area (Å²) in [5, 5.41) is 0. The lowest BCUT2D eigenvalue weighted by molar-refractivity contribution is 0.239. The van der Waals surface area contributed by atoms with Crippen LogP contribution >= 0.6 is 0 Å². The lowest BCUT2D eigenvalue weighted by atomic mass is 10.1. The molecule has 0 aliphatic heterocycles. The zero-order valence-electron chi connectivity index (χ0n) is 7.94. The van der Waals surface area contributed by atoms with Crippen LogP contribution in [0.4, 0.5) is 0 Å². The van der Waals surface area contributed by atoms with Gasteiger partial charge in [-0.1, -0.05) is 0 Å². The predicted octanol–water partition coefficient (Wildman–Crippen LogP) is 1.37. The van der Waals surface area contributed by atoms with Gasteiger partial charge in [0, 0.05) is 18.2 Å². The van der Waals surface area contributed by atoms with Crippen molar-refractivity contribution in [1.82, 2.24) is 4.90 Å². The van der Waals surface area contributed by atoms with Gasteiger partial charge in [0.1, 0.15) is 0 Å². The zero-order chi connectivity index (χ0) is 9.26. The maximum absolute atomic E-state index is 5.75. The summed E-state index contributed by atoms with van der Waals surface area (Å²) in [4.78, 5) is 2.35. The van der Waals surface area contributed by atoms with Gasteiger partial charge in [0.2, 0.25) is 0 Å². The van der Waals surface area contributed by atoms with Crippen molar-refractivity contribution in [1.29, 1.82) is 0 Å². The van der Waals surface area contributed by atoms with Gasteiger partial charge in [0.05, 0.1) is 18.6 Å². The SMILES string of the molecule is CN(C1CC1)C(CN)c1ccoc1. The van der Waals surface area contributed by atoms with Crippen LogP contribution < -0.4 is 5.73 Å². The topological polar surface area (TPSA) is 42.4 Å². The molecular formula is C10H16N2O. The normalized spacial score (nSPS) is 19.3. The van der Waals surface area contributed by atoms with E-state index in [0.29, 0.717) is 12.6 Å². The summed E-state index contributed by atoms with van der Waals surface area (Å²) in [6.07, 6.45) is 6.12. The lowest BCUT2D eigenvalue weighted by Crippen LogP contribution is -2.31. The van der Waals surface area contributed by atoms with Crippen LogP contribution in [0.15, 0.2) is 23.0 Å². The molecule has 13 heavy (non-hydrogen) atoms. The Hall–Kier alpha value is -0.800. The number of nitrogens with zero attached hydrogens (tertiary/aromatic N) is 1. The molecule has 0 saturated heterocycles. The van der Waals surface area contributed by atoms with E-state index in [1.165, 1.54) is 18.4 Å². The molecule has 0 spiro atoms. The van der Waals surface area contributed by atoms with Crippen LogP contribution in [0.2, 0.25) is 0 Å². The fourth-order valence-electron chi connectivity index (χ4n) is 1.74. The van der Waals surface area contributed by atoms with Gasteiger partial charge in [-0.05, 0) is 26.0 Å². The fourth-order valence-corrected chi connectivity index (χ4v) is 1.74. The summed E-state index contributed by atoms with van der Waals surface area (Å²) in [6.45, 7) is 0.659. The summed E-state index contributed by atoms with van der Waals surface area (Å²) in [7, 11) is 2.14. The second-order valence-electron chi connectivity index (χ2n) is 3.70. The third-order valence-electron chi connectivity index (χ3n) is 2.77. The van der Waals surface area contributed by atoms with E-state index in [2.05, 4.69) is 11.9 Å². The number of hydrogen-bond acceptors (Lipinski definition) is 3. The Labute approximate surface area is 78.5 Å². The van der Waals surface area contributed by atoms with Crippen molar-refractivity contribution >= 4 is 0 Å². The highest BCUT2D eigenvalue weighted by atomic mass is 16.3. The summed E-state index contributed by atoms with van der Waals surface area (Å²) < 4.78 is 5.07. The van der Waals surface area contributed by atoms with Gasteiger partial charge in [0.15, 0.2) is 0 Å². The molecule has 1 fully saturated rings. The molecule has 1 heterocycles. The Kier molecular flexibility index (Phi) is 2.38. The third-order valence-corrected chi connectivity index (χ3v) is 2.77. The second kappa shape index (κ2) is 3.52. The molecule has 0 bridgehead atoms. The molecule has 1 aromatic heterocycles. The van der Waals surface area contributed by atoms with E-state index in [0.717, 1.165) is 6.04 Å². The summed E-state index contributed by atoms with van der Waals surface area (Å²) in [5.41, 5.74) is 6.94. The summed E-state index contributed by atoms with van der Waals surface area (Å²) >= 11 is 0. The Morgan fingerprint density at radius 1 is 1.69 bits per heavy atom. The van der Waals surface area contributed by atoms with Crippen molar-refractivity contribution in [2.24, 2.45) is 5.73 Å². The largest absolute Gasteiger partial charge is 0.472 e. The number of rotatable bonds is 4. The minimum absolute atomic E-state index is 0.325. The van der Waals surface area contributed by atoms with Gasteiger partial charge in [0.25, 0.3) is 0 Å². The molecule has 1 atom stereocenters. The Bertz CT molecular complexity index is 254. The first kappa shape index (κ1) is 8.78. The van der Waals surface area contributed by atoms with E-state index in [4.69, 9.17) is 10.2 Å². The molecule has 0 aromatic carbocycles. The predicted molar refractivity (Wildman–Crippen MR) is 51.3 cm³/mol. The molecule has 1 aliphatic rings. The minimum Gasteiger partial charge on any atom is -0.472 e. The number of hydrogen-bond donors (Lipinski definition) is 1. The lowest BCUT2D eigenvalue weighted by Gasteiger charge is -2.25. The van der Waals surface area contributed by atoms with Crippen molar-refractivity contribution in [2.45, 2.75) is 24.9 Å². The van der Waals surface area contributed by atoms with E-state index >= 15 is 0 Å². The van der Waals surface area contributed by atoms with E-state index < -0.39 is 0 Å². The Morgan fingerprint density at radius 2 is 2.46 bits per heavy atom. The molecule has 3 nitrogen and oxygen atoms in total. The maximum Gasteiger partial charge on any atom is 0.0950 e. The monoisotopic (exact) mass is 180 g/mol. The van der Waals surface area contributed by atoms with E-state index in [1.807, 2.05) is 6.07 Å². The molecule has 1 aromatic rings. The average molecular weight is 180 g/mol. The molecule has 0 amide bonds. The number of likely N-dealkylation sites (N-methyl/N-ethyl adjacent to an activating group) is 1. The van der Waals surface area contributed by atoms with Crippen LogP contribution in [-0.4, -0.2) is 24.5 Å². The van der Waals surface area contributed by atoms with Gasteiger partial charge in [-0.3, -0.25) is 4.90 Å².